The van der Waals surface area contributed by atoms with E-state index in [1.54, 1.807) is 0 Å². The summed E-state index contributed by atoms with van der Waals surface area (Å²) in [5.41, 5.74) is 0.288. The van der Waals surface area contributed by atoms with E-state index in [0.717, 1.165) is 35.1 Å². The molecule has 31 heavy (non-hydrogen) atoms. The van der Waals surface area contributed by atoms with Crippen LogP contribution in [0.5, 0.6) is 0 Å². The van der Waals surface area contributed by atoms with Crippen LogP contribution in [0.4, 0.5) is 5.13 Å². The quantitative estimate of drug-likeness (QED) is 0.403. The Morgan fingerprint density at radius 1 is 1.26 bits per heavy atom. The highest BCUT2D eigenvalue weighted by Crippen LogP contribution is 2.26. The molecule has 1 saturated heterocycles. The van der Waals surface area contributed by atoms with Crippen LogP contribution in [0.25, 0.3) is 0 Å². The molecule has 0 unspecified atom stereocenters. The Balaban J connectivity index is 1.48. The smallest absolute Gasteiger partial charge is 0.257 e. The molecule has 10 nitrogen and oxygen atoms in total. The number of ether oxygens (including phenoxy) is 1. The zero-order chi connectivity index (χ0) is 22.4. The molecule has 1 aromatic carbocycles. The zero-order valence-electron chi connectivity index (χ0n) is 17.0. The highest BCUT2D eigenvalue weighted by Gasteiger charge is 2.19. The fraction of sp³-hybridized carbons (Fsp3) is 0.444. The van der Waals surface area contributed by atoms with Gasteiger partial charge in [0.2, 0.25) is 21.1 Å². The van der Waals surface area contributed by atoms with Crippen LogP contribution in [0.3, 0.4) is 0 Å². The number of aromatic nitrogens is 2. The van der Waals surface area contributed by atoms with Gasteiger partial charge in [0.05, 0.1) is 16.8 Å². The molecule has 3 rings (SSSR count). The Morgan fingerprint density at radius 3 is 2.65 bits per heavy atom. The molecule has 1 fully saturated rings. The van der Waals surface area contributed by atoms with Crippen LogP contribution in [0.1, 0.15) is 23.2 Å². The molecule has 13 heteroatoms. The fourth-order valence-corrected chi connectivity index (χ4v) is 5.17. The molecule has 2 heterocycles. The predicted molar refractivity (Wildman–Crippen MR) is 118 cm³/mol. The number of carbonyl (C=O) groups excluding carboxylic acids is 2. The maximum absolute atomic E-state index is 12.4. The van der Waals surface area contributed by atoms with Crippen LogP contribution in [0.15, 0.2) is 33.5 Å². The monoisotopic (exact) mass is 485 g/mol. The van der Waals surface area contributed by atoms with Gasteiger partial charge in [0, 0.05) is 32.8 Å². The minimum Gasteiger partial charge on any atom is -0.376 e. The first-order valence-corrected chi connectivity index (χ1v) is 12.7. The minimum atomic E-state index is -3.56. The Bertz CT molecular complexity index is 1020. The summed E-state index contributed by atoms with van der Waals surface area (Å²) in [6.07, 6.45) is 2.07. The number of carbonyl (C=O) groups is 2. The summed E-state index contributed by atoms with van der Waals surface area (Å²) >= 11 is 2.39. The van der Waals surface area contributed by atoms with Crippen molar-refractivity contribution in [3.05, 3.63) is 29.8 Å². The van der Waals surface area contributed by atoms with E-state index in [1.807, 2.05) is 0 Å². The Kier molecular flexibility index (Phi) is 8.00. The molecule has 2 amide bonds. The Hall–Kier alpha value is -2.06. The largest absolute Gasteiger partial charge is 0.376 e. The summed E-state index contributed by atoms with van der Waals surface area (Å²) in [5.74, 6) is -0.359. The summed E-state index contributed by atoms with van der Waals surface area (Å²) in [6.45, 7) is 1.25. The Labute approximate surface area is 188 Å². The van der Waals surface area contributed by atoms with E-state index in [1.165, 1.54) is 50.1 Å². The molecule has 0 saturated carbocycles. The van der Waals surface area contributed by atoms with Gasteiger partial charge in [-0.1, -0.05) is 23.1 Å². The summed E-state index contributed by atoms with van der Waals surface area (Å²) in [7, 11) is -0.680. The fourth-order valence-electron chi connectivity index (χ4n) is 2.69. The third-order valence-electron chi connectivity index (χ3n) is 4.40. The van der Waals surface area contributed by atoms with Gasteiger partial charge in [-0.2, -0.15) is 0 Å². The summed E-state index contributed by atoms with van der Waals surface area (Å²) in [4.78, 5) is 24.4. The number of rotatable bonds is 9. The van der Waals surface area contributed by atoms with E-state index < -0.39 is 15.9 Å². The van der Waals surface area contributed by atoms with Crippen LogP contribution < -0.4 is 10.6 Å². The van der Waals surface area contributed by atoms with Crippen LogP contribution in [0, 0.1) is 0 Å². The lowest BCUT2D eigenvalue weighted by Crippen LogP contribution is -2.32. The van der Waals surface area contributed by atoms with Gasteiger partial charge >= 0.3 is 0 Å². The first-order valence-electron chi connectivity index (χ1n) is 9.44. The topological polar surface area (TPSA) is 131 Å². The minimum absolute atomic E-state index is 0.0920. The molecular formula is C18H23N5O5S3. The van der Waals surface area contributed by atoms with Crippen molar-refractivity contribution in [2.75, 3.05) is 38.3 Å². The number of amides is 2. The van der Waals surface area contributed by atoms with Gasteiger partial charge in [0.25, 0.3) is 5.91 Å². The molecule has 0 aliphatic carbocycles. The van der Waals surface area contributed by atoms with Crippen molar-refractivity contribution >= 4 is 50.1 Å². The molecule has 0 radical (unpaired) electrons. The van der Waals surface area contributed by atoms with Crippen LogP contribution in [-0.2, 0) is 19.6 Å². The molecule has 1 aliphatic rings. The van der Waals surface area contributed by atoms with Crippen LogP contribution >= 0.6 is 23.1 Å². The second-order valence-electron chi connectivity index (χ2n) is 6.87. The van der Waals surface area contributed by atoms with Gasteiger partial charge in [-0.05, 0) is 37.1 Å². The summed E-state index contributed by atoms with van der Waals surface area (Å²) in [6, 6.07) is 5.61. The molecule has 1 aliphatic heterocycles. The van der Waals surface area contributed by atoms with E-state index in [2.05, 4.69) is 20.8 Å². The first-order chi connectivity index (χ1) is 14.8. The van der Waals surface area contributed by atoms with E-state index in [9.17, 15) is 18.0 Å². The highest BCUT2D eigenvalue weighted by atomic mass is 32.2. The lowest BCUT2D eigenvalue weighted by molar-refractivity contribution is -0.119. The van der Waals surface area contributed by atoms with Gasteiger partial charge in [-0.3, -0.25) is 14.9 Å². The maximum Gasteiger partial charge on any atom is 0.257 e. The van der Waals surface area contributed by atoms with Crippen LogP contribution in [-0.4, -0.2) is 73.8 Å². The third kappa shape index (κ3) is 6.46. The Morgan fingerprint density at radius 2 is 2.00 bits per heavy atom. The number of hydrogen-bond donors (Lipinski definition) is 2. The lowest BCUT2D eigenvalue weighted by Gasteiger charge is -2.11. The van der Waals surface area contributed by atoms with Gasteiger partial charge in [-0.15, -0.1) is 10.2 Å². The van der Waals surface area contributed by atoms with Crippen molar-refractivity contribution in [2.24, 2.45) is 0 Å². The van der Waals surface area contributed by atoms with Crippen molar-refractivity contribution in [3.63, 3.8) is 0 Å². The van der Waals surface area contributed by atoms with Gasteiger partial charge in [0.1, 0.15) is 0 Å². The van der Waals surface area contributed by atoms with Crippen molar-refractivity contribution < 1.29 is 22.7 Å². The molecule has 2 N–H and O–H groups in total. The van der Waals surface area contributed by atoms with Gasteiger partial charge in [0.15, 0.2) is 4.34 Å². The van der Waals surface area contributed by atoms with Gasteiger partial charge in [-0.25, -0.2) is 12.7 Å². The summed E-state index contributed by atoms with van der Waals surface area (Å²) < 4.78 is 31.3. The molecule has 168 valence electrons. The number of hydrogen-bond acceptors (Lipinski definition) is 9. The van der Waals surface area contributed by atoms with Crippen molar-refractivity contribution in [1.29, 1.82) is 0 Å². The number of benzene rings is 1. The molecule has 0 bridgehead atoms. The van der Waals surface area contributed by atoms with E-state index in [4.69, 9.17) is 4.74 Å². The highest BCUT2D eigenvalue weighted by molar-refractivity contribution is 8.01. The lowest BCUT2D eigenvalue weighted by atomic mass is 10.2. The standard InChI is InChI=1S/C18H23N5O5S3/c1-23(2)31(26,27)14-7-5-12(6-8-14)16(25)20-17-21-22-18(30-17)29-11-15(24)19-10-13-4-3-9-28-13/h5-8,13H,3-4,9-11H2,1-2H3,(H,19,24)(H,20,21,25)/t13-/m1/s1. The molecule has 1 aromatic heterocycles. The number of nitrogens with zero attached hydrogens (tertiary/aromatic N) is 3. The third-order valence-corrected chi connectivity index (χ3v) is 8.20. The number of thioether (sulfide) groups is 1. The SMILES string of the molecule is CN(C)S(=O)(=O)c1ccc(C(=O)Nc2nnc(SCC(=O)NC[C@H]3CCCO3)s2)cc1. The maximum atomic E-state index is 12.4. The van der Waals surface area contributed by atoms with Crippen molar-refractivity contribution in [1.82, 2.24) is 19.8 Å². The normalized spacial score (nSPS) is 16.4. The van der Waals surface area contributed by atoms with Gasteiger partial charge < -0.3 is 10.1 Å². The predicted octanol–water partition coefficient (Wildman–Crippen LogP) is 1.43. The van der Waals surface area contributed by atoms with E-state index >= 15 is 0 Å². The molecule has 2 aromatic rings. The molecule has 0 spiro atoms. The number of sulfonamides is 1. The second-order valence-corrected chi connectivity index (χ2v) is 11.2. The second kappa shape index (κ2) is 10.5. The molecular weight excluding hydrogens is 462 g/mol. The van der Waals surface area contributed by atoms with E-state index in [-0.39, 0.29) is 33.4 Å². The van der Waals surface area contributed by atoms with E-state index in [0.29, 0.717) is 10.9 Å². The number of anilines is 1. The first kappa shape index (κ1) is 23.6. The summed E-state index contributed by atoms with van der Waals surface area (Å²) in [5, 5.41) is 13.6. The zero-order valence-corrected chi connectivity index (χ0v) is 19.5. The average molecular weight is 486 g/mol. The van der Waals surface area contributed by atoms with Crippen molar-refractivity contribution in [2.45, 2.75) is 28.2 Å². The molecule has 1 atom stereocenters. The van der Waals surface area contributed by atoms with Crippen LogP contribution in [0.2, 0.25) is 0 Å². The average Bonchev–Trinajstić information content (AvgIpc) is 3.42. The number of nitrogens with one attached hydrogen (secondary N) is 2. The van der Waals surface area contributed by atoms with Crippen molar-refractivity contribution in [3.8, 4) is 0 Å².